The predicted molar refractivity (Wildman–Crippen MR) is 105 cm³/mol. The lowest BCUT2D eigenvalue weighted by Crippen LogP contribution is -2.55. The average Bonchev–Trinajstić information content (AvgIpc) is 2.63. The van der Waals surface area contributed by atoms with Crippen LogP contribution in [0.5, 0.6) is 0 Å². The first-order valence-electron chi connectivity index (χ1n) is 8.92. The molecule has 0 fully saturated rings. The molecule has 2 aromatic carbocycles. The summed E-state index contributed by atoms with van der Waals surface area (Å²) in [5.41, 5.74) is 1.34. The normalized spacial score (nSPS) is 12.1. The number of hydrogen-bond acceptors (Lipinski definition) is 4. The van der Waals surface area contributed by atoms with E-state index in [1.165, 1.54) is 0 Å². The van der Waals surface area contributed by atoms with Gasteiger partial charge in [0.1, 0.15) is 5.60 Å². The molecule has 2 rings (SSSR count). The number of benzene rings is 2. The first-order valence-corrected chi connectivity index (χ1v) is 8.92. The Hall–Kier alpha value is -2.86. The number of nitrogens with one attached hydrogen (secondary N) is 3. The van der Waals surface area contributed by atoms with Crippen LogP contribution in [0.4, 0.5) is 4.79 Å². The summed E-state index contributed by atoms with van der Waals surface area (Å²) < 4.78 is 5.26. The molecule has 0 aliphatic heterocycles. The fourth-order valence-electron chi connectivity index (χ4n) is 2.34. The lowest BCUT2D eigenvalue weighted by atomic mass is 10.2. The summed E-state index contributed by atoms with van der Waals surface area (Å²) in [4.78, 5) is 24.7. The molecular weight excluding hydrogens is 342 g/mol. The van der Waals surface area contributed by atoms with E-state index in [0.717, 1.165) is 11.1 Å². The van der Waals surface area contributed by atoms with Crippen molar-refractivity contribution in [1.29, 1.82) is 0 Å². The van der Waals surface area contributed by atoms with Gasteiger partial charge in [0.15, 0.2) is 6.17 Å². The number of rotatable bonds is 7. The lowest BCUT2D eigenvalue weighted by molar-refractivity contribution is -0.124. The molecule has 0 spiro atoms. The quantitative estimate of drug-likeness (QED) is 0.656. The van der Waals surface area contributed by atoms with Gasteiger partial charge < -0.3 is 10.1 Å². The highest BCUT2D eigenvalue weighted by Crippen LogP contribution is 2.07. The first-order chi connectivity index (χ1) is 12.8. The van der Waals surface area contributed by atoms with Gasteiger partial charge in [0.25, 0.3) is 5.91 Å². The van der Waals surface area contributed by atoms with Crippen molar-refractivity contribution in [3.8, 4) is 0 Å². The first kappa shape index (κ1) is 20.5. The molecule has 0 saturated carbocycles. The number of carbonyl (C=O) groups excluding carboxylic acids is 2. The van der Waals surface area contributed by atoms with E-state index in [9.17, 15) is 9.59 Å². The fourth-order valence-corrected chi connectivity index (χ4v) is 2.34. The third-order valence-electron chi connectivity index (χ3n) is 3.59. The minimum Gasteiger partial charge on any atom is -0.444 e. The monoisotopic (exact) mass is 369 g/mol. The zero-order chi connectivity index (χ0) is 19.7. The van der Waals surface area contributed by atoms with Crippen molar-refractivity contribution in [1.82, 2.24) is 16.0 Å². The highest BCUT2D eigenvalue weighted by molar-refractivity contribution is 5.85. The number of hydrogen-bond donors (Lipinski definition) is 3. The Bertz CT molecular complexity index is 727. The Labute approximate surface area is 160 Å². The Morgan fingerprint density at radius 2 is 1.41 bits per heavy atom. The molecule has 0 aliphatic carbocycles. The Kier molecular flexibility index (Phi) is 7.37. The van der Waals surface area contributed by atoms with Crippen molar-refractivity contribution in [2.24, 2.45) is 0 Å². The fraction of sp³-hybridized carbons (Fsp3) is 0.333. The van der Waals surface area contributed by atoms with Crippen LogP contribution >= 0.6 is 0 Å². The SMILES string of the molecule is CC(C)(C)OC(=O)NC(NCc1ccccc1)C(=O)NCc1ccccc1. The number of ether oxygens (including phenoxy) is 1. The molecule has 27 heavy (non-hydrogen) atoms. The molecule has 6 heteroatoms. The van der Waals surface area contributed by atoms with Crippen LogP contribution in [-0.4, -0.2) is 23.8 Å². The maximum absolute atomic E-state index is 12.6. The molecule has 0 saturated heterocycles. The van der Waals surface area contributed by atoms with Crippen LogP contribution in [0.15, 0.2) is 60.7 Å². The van der Waals surface area contributed by atoms with Crippen LogP contribution in [0.25, 0.3) is 0 Å². The number of carbonyl (C=O) groups is 2. The second kappa shape index (κ2) is 9.73. The minimum atomic E-state index is -0.913. The van der Waals surface area contributed by atoms with E-state index in [2.05, 4.69) is 16.0 Å². The van der Waals surface area contributed by atoms with E-state index in [1.807, 2.05) is 60.7 Å². The summed E-state index contributed by atoms with van der Waals surface area (Å²) in [6, 6.07) is 19.2. The maximum atomic E-state index is 12.6. The van der Waals surface area contributed by atoms with E-state index in [0.29, 0.717) is 13.1 Å². The van der Waals surface area contributed by atoms with E-state index in [4.69, 9.17) is 4.74 Å². The number of alkyl carbamates (subject to hydrolysis) is 1. The molecule has 144 valence electrons. The standard InChI is InChI=1S/C21H27N3O3/c1-21(2,3)27-20(26)24-18(22-14-16-10-6-4-7-11-16)19(25)23-15-17-12-8-5-9-13-17/h4-13,18,22H,14-15H2,1-3H3,(H,23,25)(H,24,26). The topological polar surface area (TPSA) is 79.5 Å². The molecule has 2 amide bonds. The van der Waals surface area contributed by atoms with Gasteiger partial charge in [0.05, 0.1) is 0 Å². The van der Waals surface area contributed by atoms with Gasteiger partial charge in [-0.15, -0.1) is 0 Å². The average molecular weight is 369 g/mol. The molecule has 2 aromatic rings. The smallest absolute Gasteiger partial charge is 0.409 e. The van der Waals surface area contributed by atoms with Gasteiger partial charge in [-0.3, -0.25) is 15.4 Å². The molecule has 0 aliphatic rings. The second-order valence-electron chi connectivity index (χ2n) is 7.15. The van der Waals surface area contributed by atoms with Gasteiger partial charge in [-0.1, -0.05) is 60.7 Å². The van der Waals surface area contributed by atoms with Crippen LogP contribution in [0, 0.1) is 0 Å². The van der Waals surface area contributed by atoms with Crippen molar-refractivity contribution in [3.63, 3.8) is 0 Å². The summed E-state index contributed by atoms with van der Waals surface area (Å²) in [6.45, 7) is 6.12. The second-order valence-corrected chi connectivity index (χ2v) is 7.15. The molecule has 1 atom stereocenters. The predicted octanol–water partition coefficient (Wildman–Crippen LogP) is 2.94. The Balaban J connectivity index is 1.98. The molecule has 0 radical (unpaired) electrons. The third kappa shape index (κ3) is 7.92. The molecule has 0 bridgehead atoms. The lowest BCUT2D eigenvalue weighted by Gasteiger charge is -2.24. The van der Waals surface area contributed by atoms with Gasteiger partial charge >= 0.3 is 6.09 Å². The van der Waals surface area contributed by atoms with Gasteiger partial charge in [-0.25, -0.2) is 4.79 Å². The van der Waals surface area contributed by atoms with Crippen LogP contribution < -0.4 is 16.0 Å². The summed E-state index contributed by atoms with van der Waals surface area (Å²) in [5, 5.41) is 8.49. The van der Waals surface area contributed by atoms with Gasteiger partial charge in [-0.05, 0) is 31.9 Å². The van der Waals surface area contributed by atoms with E-state index < -0.39 is 17.9 Å². The third-order valence-corrected chi connectivity index (χ3v) is 3.59. The minimum absolute atomic E-state index is 0.333. The molecule has 6 nitrogen and oxygen atoms in total. The van der Waals surface area contributed by atoms with Crippen molar-refractivity contribution in [3.05, 3.63) is 71.8 Å². The van der Waals surface area contributed by atoms with Crippen LogP contribution in [0.1, 0.15) is 31.9 Å². The molecule has 0 heterocycles. The summed E-state index contributed by atoms with van der Waals surface area (Å²) in [7, 11) is 0. The van der Waals surface area contributed by atoms with Crippen LogP contribution in [-0.2, 0) is 22.6 Å². The van der Waals surface area contributed by atoms with Crippen molar-refractivity contribution in [2.75, 3.05) is 0 Å². The van der Waals surface area contributed by atoms with Gasteiger partial charge in [-0.2, -0.15) is 0 Å². The molecule has 1 unspecified atom stereocenters. The highest BCUT2D eigenvalue weighted by atomic mass is 16.6. The summed E-state index contributed by atoms with van der Waals surface area (Å²) in [6.07, 6.45) is -1.56. The highest BCUT2D eigenvalue weighted by Gasteiger charge is 2.23. The van der Waals surface area contributed by atoms with Crippen molar-refractivity contribution < 1.29 is 14.3 Å². The maximum Gasteiger partial charge on any atom is 0.409 e. The van der Waals surface area contributed by atoms with E-state index in [1.54, 1.807) is 20.8 Å². The van der Waals surface area contributed by atoms with E-state index >= 15 is 0 Å². The number of amides is 2. The summed E-state index contributed by atoms with van der Waals surface area (Å²) >= 11 is 0. The Morgan fingerprint density at radius 1 is 0.889 bits per heavy atom. The van der Waals surface area contributed by atoms with Gasteiger partial charge in [0, 0.05) is 13.1 Å². The zero-order valence-corrected chi connectivity index (χ0v) is 16.0. The Morgan fingerprint density at radius 3 is 1.93 bits per heavy atom. The molecule has 3 N–H and O–H groups in total. The molecular formula is C21H27N3O3. The zero-order valence-electron chi connectivity index (χ0n) is 16.0. The van der Waals surface area contributed by atoms with Gasteiger partial charge in [0.2, 0.25) is 0 Å². The van der Waals surface area contributed by atoms with Crippen LogP contribution in [0.2, 0.25) is 0 Å². The van der Waals surface area contributed by atoms with E-state index in [-0.39, 0.29) is 5.91 Å². The van der Waals surface area contributed by atoms with Crippen molar-refractivity contribution >= 4 is 12.0 Å². The van der Waals surface area contributed by atoms with Crippen LogP contribution in [0.3, 0.4) is 0 Å². The largest absolute Gasteiger partial charge is 0.444 e. The van der Waals surface area contributed by atoms with Crippen molar-refractivity contribution in [2.45, 2.75) is 45.6 Å². The summed E-state index contributed by atoms with van der Waals surface area (Å²) in [5.74, 6) is -0.333. The molecule has 0 aromatic heterocycles.